The molecule has 4 rings (SSSR count). The minimum Gasteiger partial charge on any atom is -0.350 e. The molecule has 10 heteroatoms. The van der Waals surface area contributed by atoms with Crippen LogP contribution in [0.25, 0.3) is 5.65 Å². The monoisotopic (exact) mass is 344 g/mol. The third kappa shape index (κ3) is 2.88. The number of piperazine rings is 1. The fourth-order valence-electron chi connectivity index (χ4n) is 3.27. The molecular formula is C15H20N8O2. The number of amides is 2. The van der Waals surface area contributed by atoms with Crippen molar-refractivity contribution in [2.45, 2.75) is 25.8 Å². The van der Waals surface area contributed by atoms with Gasteiger partial charge in [-0.1, -0.05) is 0 Å². The molecule has 2 aliphatic rings. The third-order valence-corrected chi connectivity index (χ3v) is 4.71. The average molecular weight is 344 g/mol. The molecule has 132 valence electrons. The Hall–Kier alpha value is -2.75. The first-order valence-electron chi connectivity index (χ1n) is 8.38. The van der Waals surface area contributed by atoms with Crippen molar-refractivity contribution in [1.82, 2.24) is 35.3 Å². The van der Waals surface area contributed by atoms with Crippen LogP contribution in [0.1, 0.15) is 18.7 Å². The molecule has 2 N–H and O–H groups in total. The lowest BCUT2D eigenvalue weighted by Crippen LogP contribution is -2.59. The van der Waals surface area contributed by atoms with Crippen molar-refractivity contribution in [3.05, 3.63) is 18.2 Å². The van der Waals surface area contributed by atoms with Crippen LogP contribution in [-0.4, -0.2) is 68.5 Å². The number of carbonyl (C=O) groups excluding carboxylic acids is 2. The molecule has 2 aromatic heterocycles. The first-order valence-corrected chi connectivity index (χ1v) is 8.38. The molecule has 1 atom stereocenters. The smallest absolute Gasteiger partial charge is 0.241 e. The summed E-state index contributed by atoms with van der Waals surface area (Å²) >= 11 is 0. The minimum atomic E-state index is -0.343. The number of nitrogens with zero attached hydrogens (tertiary/aromatic N) is 6. The van der Waals surface area contributed by atoms with Crippen LogP contribution in [0, 0.1) is 6.92 Å². The molecule has 0 aliphatic carbocycles. The molecule has 25 heavy (non-hydrogen) atoms. The summed E-state index contributed by atoms with van der Waals surface area (Å²) in [6.07, 6.45) is 4.49. The van der Waals surface area contributed by atoms with E-state index in [2.05, 4.69) is 30.9 Å². The van der Waals surface area contributed by atoms with Gasteiger partial charge in [0, 0.05) is 45.0 Å². The predicted octanol–water partition coefficient (Wildman–Crippen LogP) is -1.14. The number of nitrogens with one attached hydrogen (secondary N) is 2. The van der Waals surface area contributed by atoms with Gasteiger partial charge >= 0.3 is 0 Å². The molecule has 0 spiro atoms. The van der Waals surface area contributed by atoms with E-state index in [1.54, 1.807) is 6.20 Å². The number of hydrazine groups is 1. The standard InChI is InChI=1S/C15H20N8O2/c1-10-17-20-14-13(16-4-5-23(10)14)21-6-8-22(9-7-21)15(25)11-2-3-12(24)19-18-11/h4-5,11,18H,2-3,6-9H2,1H3,(H,19,24). The zero-order chi connectivity index (χ0) is 17.4. The molecule has 2 amide bonds. The van der Waals surface area contributed by atoms with Gasteiger partial charge in [-0.25, -0.2) is 10.4 Å². The Kier molecular flexibility index (Phi) is 3.96. The van der Waals surface area contributed by atoms with Crippen molar-refractivity contribution in [3.63, 3.8) is 0 Å². The highest BCUT2D eigenvalue weighted by atomic mass is 16.2. The lowest BCUT2D eigenvalue weighted by Gasteiger charge is -2.37. The number of fused-ring (bicyclic) bond motifs is 1. The number of carbonyl (C=O) groups is 2. The Morgan fingerprint density at radius 1 is 1.24 bits per heavy atom. The van der Waals surface area contributed by atoms with E-state index in [-0.39, 0.29) is 17.9 Å². The van der Waals surface area contributed by atoms with Gasteiger partial charge in [0.25, 0.3) is 0 Å². The lowest BCUT2D eigenvalue weighted by atomic mass is 10.1. The molecular weight excluding hydrogens is 324 g/mol. The predicted molar refractivity (Wildman–Crippen MR) is 88.6 cm³/mol. The fourth-order valence-corrected chi connectivity index (χ4v) is 3.27. The third-order valence-electron chi connectivity index (χ3n) is 4.71. The van der Waals surface area contributed by atoms with Crippen LogP contribution < -0.4 is 15.8 Å². The number of hydrogen-bond donors (Lipinski definition) is 2. The summed E-state index contributed by atoms with van der Waals surface area (Å²) in [6, 6.07) is -0.343. The second kappa shape index (κ2) is 6.28. The van der Waals surface area contributed by atoms with E-state index >= 15 is 0 Å². The second-order valence-corrected chi connectivity index (χ2v) is 6.29. The van der Waals surface area contributed by atoms with Crippen molar-refractivity contribution >= 4 is 23.3 Å². The maximum absolute atomic E-state index is 12.6. The maximum atomic E-state index is 12.6. The van der Waals surface area contributed by atoms with Gasteiger partial charge in [-0.15, -0.1) is 10.2 Å². The van der Waals surface area contributed by atoms with Crippen LogP contribution in [0.2, 0.25) is 0 Å². The molecule has 1 unspecified atom stereocenters. The van der Waals surface area contributed by atoms with Crippen molar-refractivity contribution in [3.8, 4) is 0 Å². The van der Waals surface area contributed by atoms with Crippen molar-refractivity contribution in [1.29, 1.82) is 0 Å². The lowest BCUT2D eigenvalue weighted by molar-refractivity contribution is -0.136. The molecule has 2 aromatic rings. The fraction of sp³-hybridized carbons (Fsp3) is 0.533. The van der Waals surface area contributed by atoms with Gasteiger partial charge < -0.3 is 9.80 Å². The summed E-state index contributed by atoms with van der Waals surface area (Å²) < 4.78 is 1.91. The summed E-state index contributed by atoms with van der Waals surface area (Å²) in [6.45, 7) is 4.49. The van der Waals surface area contributed by atoms with Gasteiger partial charge in [-0.05, 0) is 13.3 Å². The van der Waals surface area contributed by atoms with Crippen LogP contribution in [0.5, 0.6) is 0 Å². The minimum absolute atomic E-state index is 0.0316. The van der Waals surface area contributed by atoms with Crippen molar-refractivity contribution in [2.75, 3.05) is 31.1 Å². The van der Waals surface area contributed by atoms with E-state index in [9.17, 15) is 9.59 Å². The van der Waals surface area contributed by atoms with Crippen LogP contribution >= 0.6 is 0 Å². The summed E-state index contributed by atoms with van der Waals surface area (Å²) in [5.41, 5.74) is 6.06. The Morgan fingerprint density at radius 3 is 2.76 bits per heavy atom. The molecule has 4 heterocycles. The first-order chi connectivity index (χ1) is 12.1. The topological polar surface area (TPSA) is 108 Å². The number of rotatable bonds is 2. The van der Waals surface area contributed by atoms with E-state index in [4.69, 9.17) is 0 Å². The van der Waals surface area contributed by atoms with Crippen LogP contribution in [0.4, 0.5) is 5.82 Å². The summed E-state index contributed by atoms with van der Waals surface area (Å²) in [7, 11) is 0. The maximum Gasteiger partial charge on any atom is 0.241 e. The Balaban J connectivity index is 1.42. The number of aryl methyl sites for hydroxylation is 1. The highest BCUT2D eigenvalue weighted by molar-refractivity contribution is 5.85. The van der Waals surface area contributed by atoms with E-state index in [1.807, 2.05) is 22.4 Å². The van der Waals surface area contributed by atoms with Gasteiger partial charge in [0.15, 0.2) is 5.82 Å². The van der Waals surface area contributed by atoms with Crippen molar-refractivity contribution < 1.29 is 9.59 Å². The molecule has 0 aromatic carbocycles. The zero-order valence-electron chi connectivity index (χ0n) is 14.0. The first kappa shape index (κ1) is 15.8. The van der Waals surface area contributed by atoms with Crippen LogP contribution in [-0.2, 0) is 9.59 Å². The largest absolute Gasteiger partial charge is 0.350 e. The quantitative estimate of drug-likeness (QED) is 0.709. The van der Waals surface area contributed by atoms with E-state index in [1.165, 1.54) is 0 Å². The Bertz CT molecular complexity index is 801. The highest BCUT2D eigenvalue weighted by Crippen LogP contribution is 2.19. The molecule has 0 saturated carbocycles. The molecule has 2 saturated heterocycles. The van der Waals surface area contributed by atoms with Crippen LogP contribution in [0.3, 0.4) is 0 Å². The Morgan fingerprint density at radius 2 is 2.04 bits per heavy atom. The van der Waals surface area contributed by atoms with E-state index in [0.29, 0.717) is 39.0 Å². The average Bonchev–Trinajstić information content (AvgIpc) is 3.03. The van der Waals surface area contributed by atoms with Crippen molar-refractivity contribution in [2.24, 2.45) is 0 Å². The van der Waals surface area contributed by atoms with E-state index < -0.39 is 0 Å². The highest BCUT2D eigenvalue weighted by Gasteiger charge is 2.31. The second-order valence-electron chi connectivity index (χ2n) is 6.29. The Labute approximate surface area is 144 Å². The molecule has 0 radical (unpaired) electrons. The number of hydrogen-bond acceptors (Lipinski definition) is 7. The summed E-state index contributed by atoms with van der Waals surface area (Å²) in [4.78, 5) is 32.2. The summed E-state index contributed by atoms with van der Waals surface area (Å²) in [5, 5.41) is 8.31. The van der Waals surface area contributed by atoms with Crippen LogP contribution in [0.15, 0.2) is 12.4 Å². The summed E-state index contributed by atoms with van der Waals surface area (Å²) in [5.74, 6) is 1.57. The van der Waals surface area contributed by atoms with Gasteiger partial charge in [0.05, 0.1) is 0 Å². The molecule has 0 bridgehead atoms. The SMILES string of the molecule is Cc1nnc2c(N3CCN(C(=O)C4CCC(=O)NN4)CC3)nccn12. The van der Waals surface area contributed by atoms with Gasteiger partial charge in [0.1, 0.15) is 11.9 Å². The molecule has 2 aliphatic heterocycles. The molecule has 10 nitrogen and oxygen atoms in total. The normalized spacial score (nSPS) is 21.5. The number of aromatic nitrogens is 4. The van der Waals surface area contributed by atoms with Gasteiger partial charge in [-0.2, -0.15) is 0 Å². The molecule has 2 fully saturated rings. The van der Waals surface area contributed by atoms with Gasteiger partial charge in [-0.3, -0.25) is 19.4 Å². The van der Waals surface area contributed by atoms with E-state index in [0.717, 1.165) is 17.3 Å². The zero-order valence-corrected chi connectivity index (χ0v) is 14.0. The number of anilines is 1. The van der Waals surface area contributed by atoms with Gasteiger partial charge in [0.2, 0.25) is 17.5 Å².